The second-order valence-electron chi connectivity index (χ2n) is 5.53. The molecule has 1 amide bonds. The zero-order valence-corrected chi connectivity index (χ0v) is 15.8. The second-order valence-corrected chi connectivity index (χ2v) is 7.39. The van der Waals surface area contributed by atoms with Gasteiger partial charge in [0.25, 0.3) is 5.91 Å². The van der Waals surface area contributed by atoms with Crippen molar-refractivity contribution in [2.45, 2.75) is 0 Å². The number of hydrogen-bond acceptors (Lipinski definition) is 5. The Bertz CT molecular complexity index is 1220. The Morgan fingerprint density at radius 1 is 1.11 bits per heavy atom. The minimum absolute atomic E-state index is 0.218. The van der Waals surface area contributed by atoms with Crippen LogP contribution in [0.1, 0.15) is 9.67 Å². The van der Waals surface area contributed by atoms with E-state index >= 15 is 0 Å². The summed E-state index contributed by atoms with van der Waals surface area (Å²) in [5, 5.41) is 7.83. The van der Waals surface area contributed by atoms with E-state index in [0.717, 1.165) is 11.3 Å². The Labute approximate surface area is 167 Å². The predicted molar refractivity (Wildman–Crippen MR) is 107 cm³/mol. The monoisotopic (exact) mass is 416 g/mol. The Balaban J connectivity index is 1.70. The zero-order valence-electron chi connectivity index (χ0n) is 13.5. The molecule has 9 heteroatoms. The molecule has 134 valence electrons. The SMILES string of the molecule is O=C(Nc1cc(Cl)ccc1Cl)c1cn2nc(-c3ccccc3)c(=O)nc2s1. The minimum Gasteiger partial charge on any atom is -0.320 e. The van der Waals surface area contributed by atoms with Crippen LogP contribution in [-0.2, 0) is 0 Å². The zero-order chi connectivity index (χ0) is 19.0. The fourth-order valence-electron chi connectivity index (χ4n) is 2.43. The van der Waals surface area contributed by atoms with Crippen LogP contribution in [0.25, 0.3) is 16.2 Å². The Kier molecular flexibility index (Phi) is 4.65. The highest BCUT2D eigenvalue weighted by atomic mass is 35.5. The molecule has 0 unspecified atom stereocenters. The summed E-state index contributed by atoms with van der Waals surface area (Å²) in [6.07, 6.45) is 1.52. The number of rotatable bonds is 3. The highest BCUT2D eigenvalue weighted by Crippen LogP contribution is 2.26. The maximum Gasteiger partial charge on any atom is 0.300 e. The lowest BCUT2D eigenvalue weighted by molar-refractivity contribution is 0.103. The van der Waals surface area contributed by atoms with Gasteiger partial charge in [-0.25, -0.2) is 4.52 Å². The molecule has 1 N–H and O–H groups in total. The molecule has 4 aromatic rings. The molecule has 27 heavy (non-hydrogen) atoms. The number of fused-ring (bicyclic) bond motifs is 1. The maximum absolute atomic E-state index is 12.5. The van der Waals surface area contributed by atoms with Gasteiger partial charge in [0.05, 0.1) is 16.9 Å². The fraction of sp³-hybridized carbons (Fsp3) is 0. The number of aromatic nitrogens is 3. The van der Waals surface area contributed by atoms with E-state index in [-0.39, 0.29) is 5.69 Å². The van der Waals surface area contributed by atoms with Crippen molar-refractivity contribution in [3.05, 3.63) is 80.0 Å². The third-order valence-corrected chi connectivity index (χ3v) is 5.23. The molecular formula is C18H10Cl2N4O2S. The van der Waals surface area contributed by atoms with Gasteiger partial charge in [0, 0.05) is 10.6 Å². The molecule has 0 spiro atoms. The number of benzene rings is 2. The van der Waals surface area contributed by atoms with Crippen molar-refractivity contribution >= 4 is 51.1 Å². The van der Waals surface area contributed by atoms with E-state index in [2.05, 4.69) is 15.4 Å². The highest BCUT2D eigenvalue weighted by Gasteiger charge is 2.16. The van der Waals surface area contributed by atoms with Crippen LogP contribution in [0.15, 0.2) is 59.5 Å². The molecule has 0 fully saturated rings. The van der Waals surface area contributed by atoms with Gasteiger partial charge < -0.3 is 5.32 Å². The van der Waals surface area contributed by atoms with E-state index in [9.17, 15) is 9.59 Å². The van der Waals surface area contributed by atoms with Gasteiger partial charge in [0.15, 0.2) is 5.69 Å². The average molecular weight is 417 g/mol. The molecule has 6 nitrogen and oxygen atoms in total. The summed E-state index contributed by atoms with van der Waals surface area (Å²) < 4.78 is 1.42. The lowest BCUT2D eigenvalue weighted by Gasteiger charge is -2.05. The molecular weight excluding hydrogens is 407 g/mol. The van der Waals surface area contributed by atoms with Crippen molar-refractivity contribution in [3.8, 4) is 11.3 Å². The normalized spacial score (nSPS) is 10.9. The number of hydrogen-bond donors (Lipinski definition) is 1. The Hall–Kier alpha value is -2.74. The molecule has 0 bridgehead atoms. The summed E-state index contributed by atoms with van der Waals surface area (Å²) in [6, 6.07) is 13.8. The summed E-state index contributed by atoms with van der Waals surface area (Å²) in [7, 11) is 0. The van der Waals surface area contributed by atoms with Crippen LogP contribution in [0.5, 0.6) is 0 Å². The third kappa shape index (κ3) is 3.57. The van der Waals surface area contributed by atoms with Gasteiger partial charge in [-0.05, 0) is 18.2 Å². The first kappa shape index (κ1) is 17.7. The number of carbonyl (C=O) groups excluding carboxylic acids is 1. The summed E-state index contributed by atoms with van der Waals surface area (Å²) in [5.41, 5.74) is 0.822. The summed E-state index contributed by atoms with van der Waals surface area (Å²) in [6.45, 7) is 0. The van der Waals surface area contributed by atoms with Crippen LogP contribution >= 0.6 is 34.5 Å². The number of amides is 1. The van der Waals surface area contributed by atoms with Crippen LogP contribution < -0.4 is 10.9 Å². The fourth-order valence-corrected chi connectivity index (χ4v) is 3.58. The number of nitrogens with one attached hydrogen (secondary N) is 1. The van der Waals surface area contributed by atoms with Gasteiger partial charge in [-0.3, -0.25) is 9.59 Å². The highest BCUT2D eigenvalue weighted by molar-refractivity contribution is 7.18. The summed E-state index contributed by atoms with van der Waals surface area (Å²) >= 11 is 13.1. The molecule has 0 aliphatic rings. The van der Waals surface area contributed by atoms with E-state index in [0.29, 0.717) is 31.1 Å². The average Bonchev–Trinajstić information content (AvgIpc) is 3.07. The molecule has 2 heterocycles. The van der Waals surface area contributed by atoms with Gasteiger partial charge in [-0.15, -0.1) is 0 Å². The van der Waals surface area contributed by atoms with Crippen LogP contribution in [0.2, 0.25) is 10.0 Å². The van der Waals surface area contributed by atoms with Crippen molar-refractivity contribution in [1.29, 1.82) is 0 Å². The molecule has 0 atom stereocenters. The number of thiazole rings is 1. The van der Waals surface area contributed by atoms with E-state index in [1.165, 1.54) is 10.7 Å². The second kappa shape index (κ2) is 7.11. The predicted octanol–water partition coefficient (Wildman–Crippen LogP) is 4.38. The van der Waals surface area contributed by atoms with Gasteiger partial charge in [-0.2, -0.15) is 10.1 Å². The first-order valence-corrected chi connectivity index (χ1v) is 9.31. The molecule has 0 aliphatic heterocycles. The standard InChI is InChI=1S/C18H10Cl2N4O2S/c19-11-6-7-12(20)13(8-11)21-16(25)14-9-24-18(27-14)22-17(26)15(23-24)10-4-2-1-3-5-10/h1-9H,(H,21,25). The molecule has 2 aromatic heterocycles. The smallest absolute Gasteiger partial charge is 0.300 e. The van der Waals surface area contributed by atoms with Crippen molar-refractivity contribution in [3.63, 3.8) is 0 Å². The van der Waals surface area contributed by atoms with Gasteiger partial charge >= 0.3 is 5.56 Å². The lowest BCUT2D eigenvalue weighted by Crippen LogP contribution is -2.14. The van der Waals surface area contributed by atoms with Gasteiger partial charge in [-0.1, -0.05) is 64.9 Å². The Morgan fingerprint density at radius 2 is 1.89 bits per heavy atom. The molecule has 0 saturated carbocycles. The Morgan fingerprint density at radius 3 is 2.67 bits per heavy atom. The quantitative estimate of drug-likeness (QED) is 0.537. The molecule has 2 aromatic carbocycles. The number of halogens is 2. The van der Waals surface area contributed by atoms with Crippen molar-refractivity contribution in [2.24, 2.45) is 0 Å². The molecule has 0 saturated heterocycles. The number of nitrogens with zero attached hydrogens (tertiary/aromatic N) is 3. The number of carbonyl (C=O) groups is 1. The van der Waals surface area contributed by atoms with Crippen LogP contribution in [-0.4, -0.2) is 20.5 Å². The first-order chi connectivity index (χ1) is 13.0. The van der Waals surface area contributed by atoms with E-state index < -0.39 is 11.5 Å². The summed E-state index contributed by atoms with van der Waals surface area (Å²) in [5.74, 6) is -0.398. The molecule has 0 aliphatic carbocycles. The minimum atomic E-state index is -0.451. The first-order valence-electron chi connectivity index (χ1n) is 7.73. The lowest BCUT2D eigenvalue weighted by atomic mass is 10.2. The largest absolute Gasteiger partial charge is 0.320 e. The van der Waals surface area contributed by atoms with E-state index in [1.54, 1.807) is 30.3 Å². The van der Waals surface area contributed by atoms with Crippen LogP contribution in [0.4, 0.5) is 5.69 Å². The van der Waals surface area contributed by atoms with Gasteiger partial charge in [0.1, 0.15) is 4.88 Å². The van der Waals surface area contributed by atoms with Crippen molar-refractivity contribution < 1.29 is 4.79 Å². The van der Waals surface area contributed by atoms with E-state index in [4.69, 9.17) is 23.2 Å². The van der Waals surface area contributed by atoms with E-state index in [1.807, 2.05) is 18.2 Å². The van der Waals surface area contributed by atoms with Crippen molar-refractivity contribution in [2.75, 3.05) is 5.32 Å². The molecule has 4 rings (SSSR count). The molecule has 0 radical (unpaired) electrons. The van der Waals surface area contributed by atoms with Crippen LogP contribution in [0, 0.1) is 0 Å². The van der Waals surface area contributed by atoms with Crippen LogP contribution in [0.3, 0.4) is 0 Å². The third-order valence-electron chi connectivity index (χ3n) is 3.69. The van der Waals surface area contributed by atoms with Crippen molar-refractivity contribution in [1.82, 2.24) is 14.6 Å². The van der Waals surface area contributed by atoms with Gasteiger partial charge in [0.2, 0.25) is 4.96 Å². The number of anilines is 1. The topological polar surface area (TPSA) is 76.4 Å². The summed E-state index contributed by atoms with van der Waals surface area (Å²) in [4.78, 5) is 29.5. The maximum atomic E-state index is 12.5.